The van der Waals surface area contributed by atoms with E-state index in [4.69, 9.17) is 11.6 Å². The summed E-state index contributed by atoms with van der Waals surface area (Å²) in [6.45, 7) is 6.85. The highest BCUT2D eigenvalue weighted by Crippen LogP contribution is 2.11. The van der Waals surface area contributed by atoms with Gasteiger partial charge in [0, 0.05) is 24.2 Å². The van der Waals surface area contributed by atoms with E-state index in [9.17, 15) is 0 Å². The predicted molar refractivity (Wildman–Crippen MR) is 78.0 cm³/mol. The summed E-state index contributed by atoms with van der Waals surface area (Å²) in [5.41, 5.74) is 1.26. The number of benzene rings is 1. The Balaban J connectivity index is 1.72. The average Bonchev–Trinajstić information content (AvgIpc) is 2.38. The average molecular weight is 267 g/mol. The van der Waals surface area contributed by atoms with Gasteiger partial charge in [0.25, 0.3) is 0 Å². The minimum Gasteiger partial charge on any atom is -0.309 e. The highest BCUT2D eigenvalue weighted by atomic mass is 35.5. The number of likely N-dealkylation sites (tertiary alicyclic amines) is 1. The highest BCUT2D eigenvalue weighted by Gasteiger charge is 2.12. The summed E-state index contributed by atoms with van der Waals surface area (Å²) in [6.07, 6.45) is 4.13. The zero-order valence-corrected chi connectivity index (χ0v) is 11.9. The summed E-state index contributed by atoms with van der Waals surface area (Å²) in [7, 11) is 0. The third-order valence-electron chi connectivity index (χ3n) is 3.52. The van der Waals surface area contributed by atoms with Gasteiger partial charge in [-0.1, -0.05) is 30.2 Å². The van der Waals surface area contributed by atoms with Crippen molar-refractivity contribution >= 4 is 11.6 Å². The molecule has 1 unspecified atom stereocenters. The van der Waals surface area contributed by atoms with Gasteiger partial charge in [-0.3, -0.25) is 0 Å². The maximum Gasteiger partial charge on any atom is 0.0409 e. The fourth-order valence-electron chi connectivity index (χ4n) is 2.53. The van der Waals surface area contributed by atoms with E-state index in [1.165, 1.54) is 37.9 Å². The molecule has 0 amide bonds. The van der Waals surface area contributed by atoms with Crippen molar-refractivity contribution in [1.29, 1.82) is 0 Å². The van der Waals surface area contributed by atoms with Crippen LogP contribution in [-0.4, -0.2) is 30.6 Å². The summed E-state index contributed by atoms with van der Waals surface area (Å²) >= 11 is 5.98. The third kappa shape index (κ3) is 4.60. The van der Waals surface area contributed by atoms with E-state index in [0.717, 1.165) is 18.1 Å². The predicted octanol–water partition coefficient (Wildman–Crippen LogP) is 3.30. The first-order valence-electron chi connectivity index (χ1n) is 6.94. The van der Waals surface area contributed by atoms with Crippen LogP contribution in [0.25, 0.3) is 0 Å². The Kier molecular flexibility index (Phi) is 5.48. The zero-order chi connectivity index (χ0) is 12.8. The minimum atomic E-state index is 0.530. The Bertz CT molecular complexity index is 361. The first-order chi connectivity index (χ1) is 8.74. The number of nitrogens with zero attached hydrogens (tertiary/aromatic N) is 1. The molecule has 1 N–H and O–H groups in total. The van der Waals surface area contributed by atoms with E-state index in [2.05, 4.69) is 23.2 Å². The van der Waals surface area contributed by atoms with Gasteiger partial charge in [-0.15, -0.1) is 0 Å². The molecular weight excluding hydrogens is 244 g/mol. The molecule has 0 radical (unpaired) electrons. The second kappa shape index (κ2) is 7.13. The third-order valence-corrected chi connectivity index (χ3v) is 3.76. The molecule has 0 saturated carbocycles. The number of piperidine rings is 1. The van der Waals surface area contributed by atoms with Crippen molar-refractivity contribution < 1.29 is 0 Å². The van der Waals surface area contributed by atoms with Crippen LogP contribution in [0.1, 0.15) is 31.7 Å². The zero-order valence-electron chi connectivity index (χ0n) is 11.2. The monoisotopic (exact) mass is 266 g/mol. The van der Waals surface area contributed by atoms with E-state index in [-0.39, 0.29) is 0 Å². The smallest absolute Gasteiger partial charge is 0.0409 e. The molecule has 100 valence electrons. The van der Waals surface area contributed by atoms with Crippen LogP contribution >= 0.6 is 11.6 Å². The molecule has 1 aliphatic heterocycles. The van der Waals surface area contributed by atoms with Gasteiger partial charge in [-0.2, -0.15) is 0 Å². The second-order valence-corrected chi connectivity index (χ2v) is 5.71. The summed E-state index contributed by atoms with van der Waals surface area (Å²) in [5, 5.41) is 4.39. The highest BCUT2D eigenvalue weighted by molar-refractivity contribution is 6.30. The van der Waals surface area contributed by atoms with E-state index < -0.39 is 0 Å². The van der Waals surface area contributed by atoms with E-state index in [1.807, 2.05) is 18.2 Å². The summed E-state index contributed by atoms with van der Waals surface area (Å²) in [6, 6.07) is 8.60. The summed E-state index contributed by atoms with van der Waals surface area (Å²) < 4.78 is 0. The van der Waals surface area contributed by atoms with Crippen LogP contribution in [0.15, 0.2) is 24.3 Å². The molecule has 0 bridgehead atoms. The van der Waals surface area contributed by atoms with Gasteiger partial charge in [0.05, 0.1) is 0 Å². The minimum absolute atomic E-state index is 0.530. The lowest BCUT2D eigenvalue weighted by molar-refractivity contribution is 0.209. The molecule has 0 aromatic heterocycles. The van der Waals surface area contributed by atoms with Crippen molar-refractivity contribution in [2.24, 2.45) is 0 Å². The van der Waals surface area contributed by atoms with Crippen molar-refractivity contribution in [2.45, 2.75) is 38.8 Å². The lowest BCUT2D eigenvalue weighted by Gasteiger charge is -2.29. The molecule has 1 atom stereocenters. The molecule has 18 heavy (non-hydrogen) atoms. The maximum absolute atomic E-state index is 5.98. The van der Waals surface area contributed by atoms with Crippen molar-refractivity contribution in [3.8, 4) is 0 Å². The molecule has 1 heterocycles. The summed E-state index contributed by atoms with van der Waals surface area (Å²) in [4.78, 5) is 2.57. The Hall–Kier alpha value is -0.570. The first-order valence-corrected chi connectivity index (χ1v) is 7.32. The van der Waals surface area contributed by atoms with Crippen LogP contribution in [0.5, 0.6) is 0 Å². The number of nitrogens with one attached hydrogen (secondary N) is 1. The van der Waals surface area contributed by atoms with E-state index in [0.29, 0.717) is 6.04 Å². The van der Waals surface area contributed by atoms with Gasteiger partial charge in [0.2, 0.25) is 0 Å². The molecule has 1 aromatic carbocycles. The molecule has 1 saturated heterocycles. The topological polar surface area (TPSA) is 15.3 Å². The molecule has 1 fully saturated rings. The van der Waals surface area contributed by atoms with Gasteiger partial charge in [0.15, 0.2) is 0 Å². The Morgan fingerprint density at radius 1 is 1.28 bits per heavy atom. The molecular formula is C15H23ClN2. The van der Waals surface area contributed by atoms with Crippen molar-refractivity contribution in [1.82, 2.24) is 10.2 Å². The van der Waals surface area contributed by atoms with Crippen LogP contribution in [-0.2, 0) is 6.54 Å². The van der Waals surface area contributed by atoms with E-state index in [1.54, 1.807) is 0 Å². The normalized spacial score (nSPS) is 18.8. The molecule has 1 aromatic rings. The van der Waals surface area contributed by atoms with Gasteiger partial charge in [0.1, 0.15) is 0 Å². The number of halogens is 1. The van der Waals surface area contributed by atoms with Crippen LogP contribution < -0.4 is 5.32 Å². The molecule has 2 nitrogen and oxygen atoms in total. The maximum atomic E-state index is 5.98. The van der Waals surface area contributed by atoms with E-state index >= 15 is 0 Å². The number of hydrogen-bond donors (Lipinski definition) is 1. The molecule has 0 aliphatic carbocycles. The Morgan fingerprint density at radius 2 is 2.06 bits per heavy atom. The number of rotatable bonds is 5. The van der Waals surface area contributed by atoms with Crippen LogP contribution in [0.3, 0.4) is 0 Å². The van der Waals surface area contributed by atoms with Crippen LogP contribution in [0.4, 0.5) is 0 Å². The Morgan fingerprint density at radius 3 is 2.78 bits per heavy atom. The Labute approximate surface area is 115 Å². The number of hydrogen-bond acceptors (Lipinski definition) is 2. The fraction of sp³-hybridized carbons (Fsp3) is 0.600. The van der Waals surface area contributed by atoms with Gasteiger partial charge < -0.3 is 10.2 Å². The molecule has 0 spiro atoms. The summed E-state index contributed by atoms with van der Waals surface area (Å²) in [5.74, 6) is 0. The largest absolute Gasteiger partial charge is 0.309 e. The molecule has 3 heteroatoms. The second-order valence-electron chi connectivity index (χ2n) is 5.27. The molecule has 1 aliphatic rings. The van der Waals surface area contributed by atoms with Gasteiger partial charge in [-0.05, 0) is 50.6 Å². The lowest BCUT2D eigenvalue weighted by atomic mass is 10.1. The SMILES string of the molecule is CC(CN1CCCCC1)NCc1cccc(Cl)c1. The van der Waals surface area contributed by atoms with Gasteiger partial charge in [-0.25, -0.2) is 0 Å². The van der Waals surface area contributed by atoms with Crippen LogP contribution in [0.2, 0.25) is 5.02 Å². The standard InChI is InChI=1S/C15H23ClN2/c1-13(12-18-8-3-2-4-9-18)17-11-14-6-5-7-15(16)10-14/h5-7,10,13,17H,2-4,8-9,11-12H2,1H3. The first kappa shape index (κ1) is 13.9. The van der Waals surface area contributed by atoms with Crippen molar-refractivity contribution in [2.75, 3.05) is 19.6 Å². The van der Waals surface area contributed by atoms with Crippen LogP contribution in [0, 0.1) is 0 Å². The van der Waals surface area contributed by atoms with Crippen molar-refractivity contribution in [3.63, 3.8) is 0 Å². The van der Waals surface area contributed by atoms with Gasteiger partial charge >= 0.3 is 0 Å². The fourth-order valence-corrected chi connectivity index (χ4v) is 2.75. The quantitative estimate of drug-likeness (QED) is 0.880. The molecule has 2 rings (SSSR count). The van der Waals surface area contributed by atoms with Crippen molar-refractivity contribution in [3.05, 3.63) is 34.9 Å². The lowest BCUT2D eigenvalue weighted by Crippen LogP contribution is -2.41.